The average molecular weight is 300 g/mol. The highest BCUT2D eigenvalue weighted by Crippen LogP contribution is 2.33. The number of amides is 1. The van der Waals surface area contributed by atoms with E-state index in [0.29, 0.717) is 24.5 Å². The maximum absolute atomic E-state index is 12.8. The highest BCUT2D eigenvalue weighted by molar-refractivity contribution is 7.10. The molecule has 2 aliphatic heterocycles. The Kier molecular flexibility index (Phi) is 3.07. The molecule has 0 aliphatic carbocycles. The van der Waals surface area contributed by atoms with Gasteiger partial charge in [0, 0.05) is 24.5 Å². The Morgan fingerprint density at radius 2 is 2.29 bits per heavy atom. The summed E-state index contributed by atoms with van der Waals surface area (Å²) in [5, 5.41) is 5.39. The van der Waals surface area contributed by atoms with Gasteiger partial charge in [0.15, 0.2) is 5.75 Å². The lowest BCUT2D eigenvalue weighted by Gasteiger charge is -2.29. The third kappa shape index (κ3) is 2.17. The summed E-state index contributed by atoms with van der Waals surface area (Å²) in [6, 6.07) is 7.85. The molecule has 5 heteroatoms. The first kappa shape index (κ1) is 12.7. The lowest BCUT2D eigenvalue weighted by Crippen LogP contribution is -2.36. The van der Waals surface area contributed by atoms with Crippen LogP contribution in [-0.4, -0.2) is 30.5 Å². The van der Waals surface area contributed by atoms with Crippen molar-refractivity contribution in [2.45, 2.75) is 13.0 Å². The molecule has 1 amide bonds. The van der Waals surface area contributed by atoms with Gasteiger partial charge in [-0.1, -0.05) is 6.07 Å². The van der Waals surface area contributed by atoms with Crippen LogP contribution in [0.3, 0.4) is 0 Å². The molecular formula is C16H16N2O2S. The minimum Gasteiger partial charge on any atom is -0.489 e. The topological polar surface area (TPSA) is 41.6 Å². The minimum atomic E-state index is 0.0624. The van der Waals surface area contributed by atoms with Gasteiger partial charge in [0.2, 0.25) is 0 Å². The zero-order valence-corrected chi connectivity index (χ0v) is 12.4. The largest absolute Gasteiger partial charge is 0.489 e. The number of hydrogen-bond donors (Lipinski definition) is 1. The second-order valence-corrected chi connectivity index (χ2v) is 6.30. The minimum absolute atomic E-state index is 0.0624. The number of para-hydroxylation sites is 1. The van der Waals surface area contributed by atoms with Crippen molar-refractivity contribution in [1.82, 2.24) is 4.90 Å². The number of carbonyl (C=O) groups is 1. The Balaban J connectivity index is 1.64. The number of anilines is 1. The van der Waals surface area contributed by atoms with Crippen LogP contribution in [0.4, 0.5) is 5.69 Å². The van der Waals surface area contributed by atoms with Crippen molar-refractivity contribution in [3.05, 3.63) is 45.6 Å². The number of nitrogens with one attached hydrogen (secondary N) is 1. The van der Waals surface area contributed by atoms with E-state index < -0.39 is 0 Å². The molecular weight excluding hydrogens is 284 g/mol. The molecule has 21 heavy (non-hydrogen) atoms. The molecule has 0 fully saturated rings. The summed E-state index contributed by atoms with van der Waals surface area (Å²) in [5.41, 5.74) is 2.86. The summed E-state index contributed by atoms with van der Waals surface area (Å²) < 4.78 is 5.71. The van der Waals surface area contributed by atoms with Crippen LogP contribution in [0.2, 0.25) is 0 Å². The first-order valence-electron chi connectivity index (χ1n) is 7.17. The molecule has 0 bridgehead atoms. The number of ether oxygens (including phenoxy) is 1. The molecule has 3 heterocycles. The van der Waals surface area contributed by atoms with Gasteiger partial charge < -0.3 is 15.0 Å². The van der Waals surface area contributed by atoms with Gasteiger partial charge >= 0.3 is 0 Å². The second kappa shape index (κ2) is 5.07. The number of benzene rings is 1. The van der Waals surface area contributed by atoms with Gasteiger partial charge in [0.25, 0.3) is 5.91 Å². The number of hydrogen-bond acceptors (Lipinski definition) is 4. The van der Waals surface area contributed by atoms with Crippen LogP contribution in [0.15, 0.2) is 29.6 Å². The van der Waals surface area contributed by atoms with Crippen molar-refractivity contribution >= 4 is 22.9 Å². The lowest BCUT2D eigenvalue weighted by molar-refractivity contribution is 0.0731. The Morgan fingerprint density at radius 3 is 3.24 bits per heavy atom. The molecule has 2 aliphatic rings. The van der Waals surface area contributed by atoms with Crippen LogP contribution < -0.4 is 10.1 Å². The second-order valence-electron chi connectivity index (χ2n) is 5.30. The van der Waals surface area contributed by atoms with Crippen LogP contribution in [-0.2, 0) is 13.0 Å². The zero-order valence-electron chi connectivity index (χ0n) is 11.6. The first-order chi connectivity index (χ1) is 10.3. The Hall–Kier alpha value is -2.01. The molecule has 0 atom stereocenters. The maximum atomic E-state index is 12.8. The molecule has 0 spiro atoms. The summed E-state index contributed by atoms with van der Waals surface area (Å²) >= 11 is 1.79. The predicted octanol–water partition coefficient (Wildman–Crippen LogP) is 2.75. The maximum Gasteiger partial charge on any atom is 0.258 e. The molecule has 0 radical (unpaired) electrons. The van der Waals surface area contributed by atoms with E-state index in [2.05, 4.69) is 16.8 Å². The lowest BCUT2D eigenvalue weighted by atomic mass is 10.1. The van der Waals surface area contributed by atoms with E-state index in [9.17, 15) is 4.79 Å². The van der Waals surface area contributed by atoms with E-state index in [-0.39, 0.29) is 5.91 Å². The van der Waals surface area contributed by atoms with Crippen molar-refractivity contribution in [1.29, 1.82) is 0 Å². The van der Waals surface area contributed by atoms with Gasteiger partial charge in [-0.05, 0) is 35.6 Å². The van der Waals surface area contributed by atoms with Gasteiger partial charge in [0.05, 0.1) is 11.3 Å². The van der Waals surface area contributed by atoms with Crippen molar-refractivity contribution in [2.24, 2.45) is 0 Å². The SMILES string of the molecule is O=C(c1cccc2c1OCCN2)N1CCc2sccc2C1. The summed E-state index contributed by atoms with van der Waals surface area (Å²) in [5.74, 6) is 0.761. The van der Waals surface area contributed by atoms with Crippen molar-refractivity contribution < 1.29 is 9.53 Å². The van der Waals surface area contributed by atoms with Crippen LogP contribution in [0, 0.1) is 0 Å². The van der Waals surface area contributed by atoms with Crippen molar-refractivity contribution in [3.8, 4) is 5.75 Å². The number of carbonyl (C=O) groups excluding carboxylic acids is 1. The number of rotatable bonds is 1. The summed E-state index contributed by atoms with van der Waals surface area (Å²) in [6.07, 6.45) is 0.951. The normalized spacial score (nSPS) is 16.5. The van der Waals surface area contributed by atoms with E-state index in [1.165, 1.54) is 10.4 Å². The van der Waals surface area contributed by atoms with Gasteiger partial charge in [-0.25, -0.2) is 0 Å². The average Bonchev–Trinajstić information content (AvgIpc) is 3.01. The predicted molar refractivity (Wildman–Crippen MR) is 83.2 cm³/mol. The smallest absolute Gasteiger partial charge is 0.258 e. The van der Waals surface area contributed by atoms with E-state index in [1.54, 1.807) is 11.3 Å². The molecule has 1 aromatic heterocycles. The fourth-order valence-electron chi connectivity index (χ4n) is 2.93. The van der Waals surface area contributed by atoms with E-state index in [0.717, 1.165) is 25.2 Å². The molecule has 1 aromatic carbocycles. The van der Waals surface area contributed by atoms with Gasteiger partial charge in [-0.2, -0.15) is 0 Å². The first-order valence-corrected chi connectivity index (χ1v) is 8.05. The van der Waals surface area contributed by atoms with E-state index in [4.69, 9.17) is 4.74 Å². The Morgan fingerprint density at radius 1 is 1.33 bits per heavy atom. The van der Waals surface area contributed by atoms with Gasteiger partial charge in [0.1, 0.15) is 6.61 Å². The summed E-state index contributed by atoms with van der Waals surface area (Å²) in [6.45, 7) is 2.87. The molecule has 0 unspecified atom stereocenters. The van der Waals surface area contributed by atoms with Crippen molar-refractivity contribution in [2.75, 3.05) is 25.0 Å². The third-order valence-electron chi connectivity index (χ3n) is 4.00. The molecule has 0 saturated heterocycles. The van der Waals surface area contributed by atoms with Gasteiger partial charge in [-0.15, -0.1) is 11.3 Å². The van der Waals surface area contributed by atoms with E-state index in [1.807, 2.05) is 23.1 Å². The van der Waals surface area contributed by atoms with Crippen LogP contribution in [0.5, 0.6) is 5.75 Å². The standard InChI is InChI=1S/C16H16N2O2S/c19-16(18-7-4-14-11(10-18)5-9-21-14)12-2-1-3-13-15(12)20-8-6-17-13/h1-3,5,9,17H,4,6-8,10H2. The quantitative estimate of drug-likeness (QED) is 0.880. The van der Waals surface area contributed by atoms with E-state index >= 15 is 0 Å². The number of thiophene rings is 1. The highest BCUT2D eigenvalue weighted by Gasteiger charge is 2.26. The summed E-state index contributed by atoms with van der Waals surface area (Å²) in [7, 11) is 0. The number of fused-ring (bicyclic) bond motifs is 2. The summed E-state index contributed by atoms with van der Waals surface area (Å²) in [4.78, 5) is 16.2. The highest BCUT2D eigenvalue weighted by atomic mass is 32.1. The molecule has 2 aromatic rings. The molecule has 4 rings (SSSR count). The zero-order chi connectivity index (χ0) is 14.2. The third-order valence-corrected chi connectivity index (χ3v) is 5.03. The van der Waals surface area contributed by atoms with Crippen LogP contribution >= 0.6 is 11.3 Å². The van der Waals surface area contributed by atoms with Crippen molar-refractivity contribution in [3.63, 3.8) is 0 Å². The fourth-order valence-corrected chi connectivity index (χ4v) is 3.82. The molecule has 108 valence electrons. The molecule has 1 N–H and O–H groups in total. The molecule has 4 nitrogen and oxygen atoms in total. The fraction of sp³-hybridized carbons (Fsp3) is 0.312. The molecule has 0 saturated carbocycles. The van der Waals surface area contributed by atoms with Crippen LogP contribution in [0.25, 0.3) is 0 Å². The Labute approximate surface area is 127 Å². The Bertz CT molecular complexity index is 695. The monoisotopic (exact) mass is 300 g/mol. The number of nitrogens with zero attached hydrogens (tertiary/aromatic N) is 1. The van der Waals surface area contributed by atoms with Crippen LogP contribution in [0.1, 0.15) is 20.8 Å². The van der Waals surface area contributed by atoms with Gasteiger partial charge in [-0.3, -0.25) is 4.79 Å².